The summed E-state index contributed by atoms with van der Waals surface area (Å²) in [4.78, 5) is 0. The minimum atomic E-state index is -0.187. The summed E-state index contributed by atoms with van der Waals surface area (Å²) in [6.45, 7) is 2.99. The standard InChI is InChI=1S/C16H17F2N/c1-12-6-7-13(10-16(12)18)11-19-9-8-14-4-2-3-5-15(14)17/h2-7,10,19H,8-9,11H2,1H3. The van der Waals surface area contributed by atoms with Gasteiger partial charge in [0.1, 0.15) is 11.6 Å². The van der Waals surface area contributed by atoms with E-state index in [1.165, 1.54) is 12.1 Å². The van der Waals surface area contributed by atoms with Crippen molar-refractivity contribution >= 4 is 0 Å². The van der Waals surface area contributed by atoms with Crippen LogP contribution < -0.4 is 5.32 Å². The van der Waals surface area contributed by atoms with Gasteiger partial charge in [0.25, 0.3) is 0 Å². The van der Waals surface area contributed by atoms with Gasteiger partial charge in [-0.2, -0.15) is 0 Å². The Labute approximate surface area is 112 Å². The first kappa shape index (κ1) is 13.7. The van der Waals surface area contributed by atoms with Crippen molar-refractivity contribution in [2.24, 2.45) is 0 Å². The number of rotatable bonds is 5. The number of hydrogen-bond donors (Lipinski definition) is 1. The molecule has 0 atom stereocenters. The normalized spacial score (nSPS) is 10.7. The van der Waals surface area contributed by atoms with Crippen LogP contribution in [0.15, 0.2) is 42.5 Å². The van der Waals surface area contributed by atoms with Gasteiger partial charge in [-0.1, -0.05) is 30.3 Å². The van der Waals surface area contributed by atoms with Crippen molar-refractivity contribution in [2.75, 3.05) is 6.54 Å². The van der Waals surface area contributed by atoms with Crippen LogP contribution >= 0.6 is 0 Å². The topological polar surface area (TPSA) is 12.0 Å². The Hall–Kier alpha value is -1.74. The molecule has 3 heteroatoms. The first-order valence-electron chi connectivity index (χ1n) is 6.36. The van der Waals surface area contributed by atoms with Crippen LogP contribution in [0.3, 0.4) is 0 Å². The largest absolute Gasteiger partial charge is 0.312 e. The van der Waals surface area contributed by atoms with Crippen molar-refractivity contribution in [3.05, 3.63) is 70.8 Å². The molecule has 0 saturated heterocycles. The highest BCUT2D eigenvalue weighted by Crippen LogP contribution is 2.09. The summed E-state index contributed by atoms with van der Waals surface area (Å²) in [5.41, 5.74) is 2.25. The molecule has 100 valence electrons. The molecule has 0 aromatic heterocycles. The maximum Gasteiger partial charge on any atom is 0.126 e. The minimum Gasteiger partial charge on any atom is -0.312 e. The zero-order chi connectivity index (χ0) is 13.7. The Morgan fingerprint density at radius 2 is 1.79 bits per heavy atom. The highest BCUT2D eigenvalue weighted by Gasteiger charge is 2.01. The molecule has 0 aliphatic carbocycles. The second-order valence-corrected chi connectivity index (χ2v) is 4.60. The quantitative estimate of drug-likeness (QED) is 0.811. The Bertz CT molecular complexity index is 552. The van der Waals surface area contributed by atoms with E-state index < -0.39 is 0 Å². The molecule has 0 bridgehead atoms. The molecule has 0 aliphatic heterocycles. The van der Waals surface area contributed by atoms with Gasteiger partial charge >= 0.3 is 0 Å². The summed E-state index contributed by atoms with van der Waals surface area (Å²) in [6, 6.07) is 11.9. The lowest BCUT2D eigenvalue weighted by Gasteiger charge is -2.07. The van der Waals surface area contributed by atoms with E-state index in [1.807, 2.05) is 12.1 Å². The molecule has 2 aromatic carbocycles. The molecule has 0 fully saturated rings. The third-order valence-electron chi connectivity index (χ3n) is 3.09. The zero-order valence-corrected chi connectivity index (χ0v) is 10.9. The fourth-order valence-corrected chi connectivity index (χ4v) is 1.90. The van der Waals surface area contributed by atoms with Crippen LogP contribution in [0, 0.1) is 18.6 Å². The summed E-state index contributed by atoms with van der Waals surface area (Å²) < 4.78 is 26.7. The van der Waals surface area contributed by atoms with Crippen LogP contribution in [0.25, 0.3) is 0 Å². The van der Waals surface area contributed by atoms with Crippen molar-refractivity contribution in [1.29, 1.82) is 0 Å². The number of halogens is 2. The van der Waals surface area contributed by atoms with Gasteiger partial charge in [-0.15, -0.1) is 0 Å². The molecule has 2 aromatic rings. The lowest BCUT2D eigenvalue weighted by molar-refractivity contribution is 0.595. The van der Waals surface area contributed by atoms with Crippen molar-refractivity contribution in [3.63, 3.8) is 0 Å². The Morgan fingerprint density at radius 3 is 2.53 bits per heavy atom. The molecule has 0 amide bonds. The second kappa shape index (κ2) is 6.43. The van der Waals surface area contributed by atoms with Crippen LogP contribution in [-0.4, -0.2) is 6.54 Å². The average Bonchev–Trinajstić information content (AvgIpc) is 2.40. The fraction of sp³-hybridized carbons (Fsp3) is 0.250. The molecule has 1 N–H and O–H groups in total. The van der Waals surface area contributed by atoms with E-state index >= 15 is 0 Å². The van der Waals surface area contributed by atoms with Crippen molar-refractivity contribution < 1.29 is 8.78 Å². The van der Waals surface area contributed by atoms with Crippen molar-refractivity contribution in [3.8, 4) is 0 Å². The predicted molar refractivity (Wildman–Crippen MR) is 72.9 cm³/mol. The van der Waals surface area contributed by atoms with E-state index in [2.05, 4.69) is 5.32 Å². The van der Waals surface area contributed by atoms with Crippen molar-refractivity contribution in [1.82, 2.24) is 5.32 Å². The first-order chi connectivity index (χ1) is 9.16. The van der Waals surface area contributed by atoms with E-state index in [-0.39, 0.29) is 11.6 Å². The van der Waals surface area contributed by atoms with E-state index in [9.17, 15) is 8.78 Å². The van der Waals surface area contributed by atoms with Crippen LogP contribution in [0.5, 0.6) is 0 Å². The first-order valence-corrected chi connectivity index (χ1v) is 6.36. The third-order valence-corrected chi connectivity index (χ3v) is 3.09. The predicted octanol–water partition coefficient (Wildman–Crippen LogP) is 3.61. The van der Waals surface area contributed by atoms with Crippen LogP contribution in [0.1, 0.15) is 16.7 Å². The summed E-state index contributed by atoms with van der Waals surface area (Å²) in [5, 5.41) is 3.19. The van der Waals surface area contributed by atoms with Gasteiger partial charge in [0.15, 0.2) is 0 Å². The van der Waals surface area contributed by atoms with Gasteiger partial charge in [-0.3, -0.25) is 0 Å². The summed E-state index contributed by atoms with van der Waals surface area (Å²) >= 11 is 0. The minimum absolute atomic E-state index is 0.175. The maximum atomic E-state index is 13.4. The SMILES string of the molecule is Cc1ccc(CNCCc2ccccc2F)cc1F. The third kappa shape index (κ3) is 3.86. The van der Waals surface area contributed by atoms with Gasteiger partial charge in [-0.25, -0.2) is 8.78 Å². The average molecular weight is 261 g/mol. The molecule has 2 rings (SSSR count). The van der Waals surface area contributed by atoms with Gasteiger partial charge < -0.3 is 5.32 Å². The zero-order valence-electron chi connectivity index (χ0n) is 10.9. The summed E-state index contributed by atoms with van der Waals surface area (Å²) in [6.07, 6.45) is 0.626. The Morgan fingerprint density at radius 1 is 1.00 bits per heavy atom. The number of hydrogen-bond acceptors (Lipinski definition) is 1. The molecule has 0 saturated carbocycles. The van der Waals surface area contributed by atoms with Crippen LogP contribution in [0.2, 0.25) is 0 Å². The van der Waals surface area contributed by atoms with E-state index in [4.69, 9.17) is 0 Å². The highest BCUT2D eigenvalue weighted by molar-refractivity contribution is 5.23. The maximum absolute atomic E-state index is 13.4. The molecule has 0 heterocycles. The van der Waals surface area contributed by atoms with Gasteiger partial charge in [-0.05, 0) is 48.7 Å². The van der Waals surface area contributed by atoms with Gasteiger partial charge in [0, 0.05) is 6.54 Å². The molecule has 0 spiro atoms. The Balaban J connectivity index is 1.81. The molecule has 19 heavy (non-hydrogen) atoms. The lowest BCUT2D eigenvalue weighted by Crippen LogP contribution is -2.17. The number of aryl methyl sites for hydroxylation is 1. The van der Waals surface area contributed by atoms with E-state index in [1.54, 1.807) is 25.1 Å². The van der Waals surface area contributed by atoms with Crippen LogP contribution in [0.4, 0.5) is 8.78 Å². The lowest BCUT2D eigenvalue weighted by atomic mass is 10.1. The van der Waals surface area contributed by atoms with E-state index in [0.29, 0.717) is 30.6 Å². The molecule has 0 unspecified atom stereocenters. The fourth-order valence-electron chi connectivity index (χ4n) is 1.90. The molecule has 0 radical (unpaired) electrons. The summed E-state index contributed by atoms with van der Waals surface area (Å²) in [5.74, 6) is -0.362. The number of nitrogens with one attached hydrogen (secondary N) is 1. The second-order valence-electron chi connectivity index (χ2n) is 4.60. The molecular formula is C16H17F2N. The monoisotopic (exact) mass is 261 g/mol. The number of benzene rings is 2. The Kier molecular flexibility index (Phi) is 4.63. The van der Waals surface area contributed by atoms with Gasteiger partial charge in [0.05, 0.1) is 0 Å². The molecule has 0 aliphatic rings. The summed E-state index contributed by atoms with van der Waals surface area (Å²) in [7, 11) is 0. The molecular weight excluding hydrogens is 244 g/mol. The van der Waals surface area contributed by atoms with Gasteiger partial charge in [0.2, 0.25) is 0 Å². The highest BCUT2D eigenvalue weighted by atomic mass is 19.1. The smallest absolute Gasteiger partial charge is 0.126 e. The molecule has 1 nitrogen and oxygen atoms in total. The van der Waals surface area contributed by atoms with Crippen LogP contribution in [-0.2, 0) is 13.0 Å². The van der Waals surface area contributed by atoms with Crippen molar-refractivity contribution in [2.45, 2.75) is 19.9 Å². The van der Waals surface area contributed by atoms with E-state index in [0.717, 1.165) is 5.56 Å².